The maximum atomic E-state index is 5.87. The van der Waals surface area contributed by atoms with E-state index in [0.717, 1.165) is 11.4 Å². The molecule has 2 rings (SSSR count). The standard InChI is InChI=1S/C10H13ClN4S/c1-7(6-16-2)12-10-13-9-4-3-8(11)5-15(9)14-10/h3-5,7H,6H2,1-2H3,(H,12,14). The number of rotatable bonds is 4. The van der Waals surface area contributed by atoms with Gasteiger partial charge in [-0.2, -0.15) is 16.7 Å². The minimum atomic E-state index is 0.350. The molecule has 0 saturated heterocycles. The average molecular weight is 257 g/mol. The van der Waals surface area contributed by atoms with Gasteiger partial charge in [-0.25, -0.2) is 4.52 Å². The number of nitrogens with one attached hydrogen (secondary N) is 1. The first kappa shape index (κ1) is 11.5. The molecule has 16 heavy (non-hydrogen) atoms. The Morgan fingerprint density at radius 3 is 3.12 bits per heavy atom. The Hall–Kier alpha value is -0.940. The van der Waals surface area contributed by atoms with Crippen LogP contribution in [0.15, 0.2) is 18.3 Å². The van der Waals surface area contributed by atoms with Gasteiger partial charge in [0.05, 0.1) is 5.02 Å². The maximum Gasteiger partial charge on any atom is 0.243 e. The van der Waals surface area contributed by atoms with Crippen molar-refractivity contribution in [3.8, 4) is 0 Å². The van der Waals surface area contributed by atoms with Crippen LogP contribution in [0.2, 0.25) is 5.02 Å². The number of fused-ring (bicyclic) bond motifs is 1. The Balaban J connectivity index is 2.19. The van der Waals surface area contributed by atoms with Gasteiger partial charge in [0.25, 0.3) is 0 Å². The maximum absolute atomic E-state index is 5.87. The number of hydrogen-bond acceptors (Lipinski definition) is 4. The molecule has 0 aliphatic heterocycles. The Bertz CT molecular complexity index is 485. The summed E-state index contributed by atoms with van der Waals surface area (Å²) in [5.74, 6) is 1.67. The van der Waals surface area contributed by atoms with Crippen molar-refractivity contribution in [2.45, 2.75) is 13.0 Å². The molecule has 1 N–H and O–H groups in total. The van der Waals surface area contributed by atoms with Gasteiger partial charge in [0.2, 0.25) is 5.95 Å². The van der Waals surface area contributed by atoms with Crippen molar-refractivity contribution < 1.29 is 0 Å². The molecule has 0 spiro atoms. The molecule has 86 valence electrons. The fourth-order valence-electron chi connectivity index (χ4n) is 1.43. The van der Waals surface area contributed by atoms with Gasteiger partial charge >= 0.3 is 0 Å². The van der Waals surface area contributed by atoms with Gasteiger partial charge in [0.15, 0.2) is 5.65 Å². The smallest absolute Gasteiger partial charge is 0.243 e. The molecule has 2 aromatic rings. The van der Waals surface area contributed by atoms with Crippen molar-refractivity contribution in [3.63, 3.8) is 0 Å². The number of pyridine rings is 1. The van der Waals surface area contributed by atoms with Crippen molar-refractivity contribution in [3.05, 3.63) is 23.4 Å². The van der Waals surface area contributed by atoms with Gasteiger partial charge in [0.1, 0.15) is 0 Å². The monoisotopic (exact) mass is 256 g/mol. The fourth-order valence-corrected chi connectivity index (χ4v) is 2.17. The quantitative estimate of drug-likeness (QED) is 0.913. The predicted molar refractivity (Wildman–Crippen MR) is 69.5 cm³/mol. The van der Waals surface area contributed by atoms with E-state index in [9.17, 15) is 0 Å². The summed E-state index contributed by atoms with van der Waals surface area (Å²) in [4.78, 5) is 4.35. The zero-order valence-electron chi connectivity index (χ0n) is 9.14. The second-order valence-corrected chi connectivity index (χ2v) is 4.93. The van der Waals surface area contributed by atoms with Crippen LogP contribution in [0.3, 0.4) is 0 Å². The molecule has 0 aliphatic rings. The molecule has 0 saturated carbocycles. The number of aromatic nitrogens is 3. The Labute approximate surface area is 103 Å². The van der Waals surface area contributed by atoms with Gasteiger partial charge in [-0.1, -0.05) is 11.6 Å². The summed E-state index contributed by atoms with van der Waals surface area (Å²) < 4.78 is 1.68. The topological polar surface area (TPSA) is 42.2 Å². The zero-order chi connectivity index (χ0) is 11.5. The van der Waals surface area contributed by atoms with Crippen LogP contribution in [0, 0.1) is 0 Å². The van der Waals surface area contributed by atoms with Crippen LogP contribution in [0.5, 0.6) is 0 Å². The third kappa shape index (κ3) is 2.59. The summed E-state index contributed by atoms with van der Waals surface area (Å²) in [7, 11) is 0. The van der Waals surface area contributed by atoms with Gasteiger partial charge in [-0.05, 0) is 25.3 Å². The van der Waals surface area contributed by atoms with Gasteiger partial charge in [-0.3, -0.25) is 0 Å². The zero-order valence-corrected chi connectivity index (χ0v) is 10.7. The second kappa shape index (κ2) is 4.93. The highest BCUT2D eigenvalue weighted by Gasteiger charge is 2.06. The number of halogens is 1. The van der Waals surface area contributed by atoms with Crippen LogP contribution >= 0.6 is 23.4 Å². The van der Waals surface area contributed by atoms with E-state index in [4.69, 9.17) is 11.6 Å². The summed E-state index contributed by atoms with van der Waals surface area (Å²) in [5.41, 5.74) is 0.795. The molecule has 2 aromatic heterocycles. The second-order valence-electron chi connectivity index (χ2n) is 3.59. The number of thioether (sulfide) groups is 1. The lowest BCUT2D eigenvalue weighted by Crippen LogP contribution is -2.18. The van der Waals surface area contributed by atoms with Crippen molar-refractivity contribution >= 4 is 35.0 Å². The van der Waals surface area contributed by atoms with Gasteiger partial charge in [-0.15, -0.1) is 5.10 Å². The molecule has 0 radical (unpaired) electrons. The van der Waals surface area contributed by atoms with E-state index in [0.29, 0.717) is 17.0 Å². The molecule has 1 unspecified atom stereocenters. The van der Waals surface area contributed by atoms with E-state index >= 15 is 0 Å². The van der Waals surface area contributed by atoms with E-state index < -0.39 is 0 Å². The third-order valence-corrected chi connectivity index (χ3v) is 3.14. The summed E-state index contributed by atoms with van der Waals surface area (Å²) >= 11 is 7.66. The van der Waals surface area contributed by atoms with E-state index in [1.165, 1.54) is 0 Å². The van der Waals surface area contributed by atoms with E-state index in [-0.39, 0.29) is 0 Å². The number of nitrogens with zero attached hydrogens (tertiary/aromatic N) is 3. The van der Waals surface area contributed by atoms with Crippen molar-refractivity contribution in [2.24, 2.45) is 0 Å². The molecule has 2 heterocycles. The number of hydrogen-bond donors (Lipinski definition) is 1. The van der Waals surface area contributed by atoms with Crippen LogP contribution in [0.25, 0.3) is 5.65 Å². The first-order valence-electron chi connectivity index (χ1n) is 4.96. The normalized spacial score (nSPS) is 12.9. The van der Waals surface area contributed by atoms with Gasteiger partial charge < -0.3 is 5.32 Å². The molecule has 6 heteroatoms. The molecule has 0 bridgehead atoms. The molecule has 4 nitrogen and oxygen atoms in total. The Morgan fingerprint density at radius 2 is 2.38 bits per heavy atom. The third-order valence-electron chi connectivity index (χ3n) is 2.09. The average Bonchev–Trinajstić information content (AvgIpc) is 2.59. The lowest BCUT2D eigenvalue weighted by atomic mass is 10.4. The van der Waals surface area contributed by atoms with E-state index in [1.807, 2.05) is 6.07 Å². The Morgan fingerprint density at radius 1 is 1.56 bits per heavy atom. The Kier molecular flexibility index (Phi) is 3.56. The van der Waals surface area contributed by atoms with E-state index in [2.05, 4.69) is 28.6 Å². The minimum Gasteiger partial charge on any atom is -0.350 e. The minimum absolute atomic E-state index is 0.350. The summed E-state index contributed by atoms with van der Waals surface area (Å²) in [6.07, 6.45) is 3.82. The lowest BCUT2D eigenvalue weighted by Gasteiger charge is -2.09. The van der Waals surface area contributed by atoms with Crippen LogP contribution in [-0.2, 0) is 0 Å². The molecular weight excluding hydrogens is 244 g/mol. The molecule has 0 aliphatic carbocycles. The first-order chi connectivity index (χ1) is 7.69. The van der Waals surface area contributed by atoms with Crippen LogP contribution < -0.4 is 5.32 Å². The predicted octanol–water partition coefficient (Wildman–Crippen LogP) is 2.55. The highest BCUT2D eigenvalue weighted by molar-refractivity contribution is 7.98. The highest BCUT2D eigenvalue weighted by atomic mass is 35.5. The largest absolute Gasteiger partial charge is 0.350 e. The summed E-state index contributed by atoms with van der Waals surface area (Å²) in [6, 6.07) is 4.00. The highest BCUT2D eigenvalue weighted by Crippen LogP contribution is 2.12. The summed E-state index contributed by atoms with van der Waals surface area (Å²) in [5, 5.41) is 8.20. The number of anilines is 1. The first-order valence-corrected chi connectivity index (χ1v) is 6.73. The molecule has 0 fully saturated rings. The van der Waals surface area contributed by atoms with Crippen molar-refractivity contribution in [2.75, 3.05) is 17.3 Å². The van der Waals surface area contributed by atoms with Crippen LogP contribution in [0.1, 0.15) is 6.92 Å². The molecule has 1 atom stereocenters. The SMILES string of the molecule is CSCC(C)Nc1nc2ccc(Cl)cn2n1. The summed E-state index contributed by atoms with van der Waals surface area (Å²) in [6.45, 7) is 2.11. The fraction of sp³-hybridized carbons (Fsp3) is 0.400. The van der Waals surface area contributed by atoms with Crippen molar-refractivity contribution in [1.82, 2.24) is 14.6 Å². The van der Waals surface area contributed by atoms with Crippen LogP contribution in [0.4, 0.5) is 5.95 Å². The van der Waals surface area contributed by atoms with Gasteiger partial charge in [0, 0.05) is 18.0 Å². The molecule has 0 aromatic carbocycles. The van der Waals surface area contributed by atoms with Crippen LogP contribution in [-0.4, -0.2) is 32.6 Å². The van der Waals surface area contributed by atoms with E-state index in [1.54, 1.807) is 28.5 Å². The lowest BCUT2D eigenvalue weighted by molar-refractivity contribution is 0.875. The van der Waals surface area contributed by atoms with Crippen molar-refractivity contribution in [1.29, 1.82) is 0 Å². The molecule has 0 amide bonds. The molecular formula is C10H13ClN4S.